The van der Waals surface area contributed by atoms with Gasteiger partial charge in [0.1, 0.15) is 0 Å². The Bertz CT molecular complexity index is 942. The van der Waals surface area contributed by atoms with Gasteiger partial charge in [0.2, 0.25) is 0 Å². The molecule has 0 bridgehead atoms. The smallest absolute Gasteiger partial charge is 0.269 e. The van der Waals surface area contributed by atoms with Crippen LogP contribution in [0.3, 0.4) is 0 Å². The summed E-state index contributed by atoms with van der Waals surface area (Å²) in [5.41, 5.74) is 0.876. The van der Waals surface area contributed by atoms with E-state index in [0.717, 1.165) is 28.3 Å². The molecule has 2 unspecified atom stereocenters. The van der Waals surface area contributed by atoms with E-state index in [-0.39, 0.29) is 17.7 Å². The number of nitrogens with one attached hydrogen (secondary N) is 1. The summed E-state index contributed by atoms with van der Waals surface area (Å²) in [6.45, 7) is 1.56. The number of likely N-dealkylation sites (N-methyl/N-ethyl adjacent to an activating group) is 1. The Morgan fingerprint density at radius 3 is 2.88 bits per heavy atom. The van der Waals surface area contributed by atoms with E-state index in [1.54, 1.807) is 0 Å². The Morgan fingerprint density at radius 1 is 1.28 bits per heavy atom. The molecule has 1 fully saturated rings. The Morgan fingerprint density at radius 2 is 2.08 bits per heavy atom. The van der Waals surface area contributed by atoms with Gasteiger partial charge in [-0.25, -0.2) is 4.99 Å². The second-order valence-electron chi connectivity index (χ2n) is 7.08. The lowest BCUT2D eigenvalue weighted by molar-refractivity contribution is -0.117. The second kappa shape index (κ2) is 5.86. The number of amides is 1. The molecule has 4 rings (SSSR count). The number of benzene rings is 1. The van der Waals surface area contributed by atoms with Crippen LogP contribution >= 0.6 is 0 Å². The molecule has 1 aromatic carbocycles. The minimum absolute atomic E-state index is 0.109. The molecule has 1 amide bonds. The number of hydrogen-bond acceptors (Lipinski definition) is 4. The van der Waals surface area contributed by atoms with Crippen LogP contribution in [0.4, 0.5) is 0 Å². The third-order valence-corrected chi connectivity index (χ3v) is 5.15. The SMILES string of the molecule is CN(C)CCNC1CC2=NC(=O)C=CC23C=c2ccccc2=C3C1=O. The number of carbonyl (C=O) groups excluding carboxylic acids is 2. The average molecular weight is 335 g/mol. The van der Waals surface area contributed by atoms with Gasteiger partial charge in [-0.05, 0) is 24.5 Å². The summed E-state index contributed by atoms with van der Waals surface area (Å²) < 4.78 is 0. The monoisotopic (exact) mass is 335 g/mol. The third kappa shape index (κ3) is 2.51. The zero-order valence-electron chi connectivity index (χ0n) is 14.5. The number of carbonyl (C=O) groups is 2. The maximum absolute atomic E-state index is 13.3. The van der Waals surface area contributed by atoms with Crippen molar-refractivity contribution in [2.24, 2.45) is 10.4 Å². The van der Waals surface area contributed by atoms with E-state index in [1.165, 1.54) is 6.08 Å². The van der Waals surface area contributed by atoms with Crippen molar-refractivity contribution in [2.75, 3.05) is 27.2 Å². The van der Waals surface area contributed by atoms with E-state index in [2.05, 4.69) is 21.3 Å². The van der Waals surface area contributed by atoms with Crippen molar-refractivity contribution in [3.05, 3.63) is 46.9 Å². The number of hydrogen-bond donors (Lipinski definition) is 1. The molecule has 2 aliphatic carbocycles. The molecule has 128 valence electrons. The number of ketones is 1. The van der Waals surface area contributed by atoms with Crippen LogP contribution in [-0.4, -0.2) is 55.5 Å². The Labute approximate surface area is 146 Å². The minimum Gasteiger partial charge on any atom is -0.308 e. The van der Waals surface area contributed by atoms with E-state index < -0.39 is 5.41 Å². The Kier molecular flexibility index (Phi) is 3.78. The van der Waals surface area contributed by atoms with E-state index in [4.69, 9.17) is 0 Å². The first-order chi connectivity index (χ1) is 12.0. The molecule has 0 aromatic heterocycles. The van der Waals surface area contributed by atoms with Crippen molar-refractivity contribution in [3.8, 4) is 0 Å². The molecular formula is C20H21N3O2. The maximum Gasteiger partial charge on any atom is 0.269 e. The van der Waals surface area contributed by atoms with Crippen molar-refractivity contribution in [1.82, 2.24) is 10.2 Å². The van der Waals surface area contributed by atoms with Gasteiger partial charge < -0.3 is 10.2 Å². The molecule has 1 saturated carbocycles. The van der Waals surface area contributed by atoms with Crippen molar-refractivity contribution in [1.29, 1.82) is 0 Å². The molecule has 1 heterocycles. The highest BCUT2D eigenvalue weighted by Crippen LogP contribution is 2.43. The van der Waals surface area contributed by atoms with Gasteiger partial charge in [-0.2, -0.15) is 0 Å². The third-order valence-electron chi connectivity index (χ3n) is 5.15. The van der Waals surface area contributed by atoms with Crippen LogP contribution in [0.5, 0.6) is 0 Å². The average Bonchev–Trinajstić information content (AvgIpc) is 2.91. The first-order valence-electron chi connectivity index (χ1n) is 8.57. The number of fused-ring (bicyclic) bond motifs is 1. The number of nitrogens with zero attached hydrogens (tertiary/aromatic N) is 2. The zero-order valence-corrected chi connectivity index (χ0v) is 14.5. The van der Waals surface area contributed by atoms with E-state index in [1.807, 2.05) is 44.4 Å². The lowest BCUT2D eigenvalue weighted by atomic mass is 9.66. The molecule has 1 aromatic rings. The first-order valence-corrected chi connectivity index (χ1v) is 8.57. The van der Waals surface area contributed by atoms with Crippen molar-refractivity contribution in [3.63, 3.8) is 0 Å². The number of allylic oxidation sites excluding steroid dienone is 1. The van der Waals surface area contributed by atoms with Crippen LogP contribution in [0.25, 0.3) is 11.6 Å². The molecule has 5 nitrogen and oxygen atoms in total. The van der Waals surface area contributed by atoms with Crippen LogP contribution in [0.2, 0.25) is 0 Å². The largest absolute Gasteiger partial charge is 0.308 e. The Balaban J connectivity index is 1.81. The van der Waals surface area contributed by atoms with Crippen LogP contribution in [0.1, 0.15) is 6.42 Å². The molecule has 0 radical (unpaired) electrons. The van der Waals surface area contributed by atoms with Gasteiger partial charge >= 0.3 is 0 Å². The van der Waals surface area contributed by atoms with Gasteiger partial charge in [0, 0.05) is 36.9 Å². The molecule has 1 aliphatic heterocycles. The fourth-order valence-electron chi connectivity index (χ4n) is 3.95. The van der Waals surface area contributed by atoms with E-state index in [0.29, 0.717) is 13.0 Å². The summed E-state index contributed by atoms with van der Waals surface area (Å²) in [5, 5.41) is 5.34. The number of dihydropyridines is 1. The van der Waals surface area contributed by atoms with Gasteiger partial charge in [0.15, 0.2) is 5.78 Å². The molecule has 1 spiro atoms. The zero-order chi connectivity index (χ0) is 17.6. The number of rotatable bonds is 4. The highest BCUT2D eigenvalue weighted by Gasteiger charge is 2.49. The van der Waals surface area contributed by atoms with Crippen LogP contribution in [-0.2, 0) is 9.59 Å². The molecule has 2 atom stereocenters. The summed E-state index contributed by atoms with van der Waals surface area (Å²) in [4.78, 5) is 31.5. The van der Waals surface area contributed by atoms with Gasteiger partial charge in [-0.1, -0.05) is 36.4 Å². The molecule has 5 heteroatoms. The van der Waals surface area contributed by atoms with Gasteiger partial charge in [-0.15, -0.1) is 0 Å². The summed E-state index contributed by atoms with van der Waals surface area (Å²) in [6, 6.07) is 7.58. The van der Waals surface area contributed by atoms with Crippen LogP contribution in [0.15, 0.2) is 41.4 Å². The summed E-state index contributed by atoms with van der Waals surface area (Å²) in [7, 11) is 4.00. The minimum atomic E-state index is -0.644. The van der Waals surface area contributed by atoms with Gasteiger partial charge in [-0.3, -0.25) is 9.59 Å². The Hall–Kier alpha value is -2.37. The lowest BCUT2D eigenvalue weighted by Crippen LogP contribution is -2.52. The molecular weight excluding hydrogens is 314 g/mol. The first kappa shape index (κ1) is 16.1. The number of Topliss-reactive ketones (excluding diaryl/α,β-unsaturated/α-hetero) is 1. The summed E-state index contributed by atoms with van der Waals surface area (Å²) in [5.74, 6) is -0.136. The molecule has 1 N–H and O–H groups in total. The molecule has 0 saturated heterocycles. The van der Waals surface area contributed by atoms with Gasteiger partial charge in [0.25, 0.3) is 5.91 Å². The lowest BCUT2D eigenvalue weighted by Gasteiger charge is -2.38. The van der Waals surface area contributed by atoms with Crippen LogP contribution in [0, 0.1) is 5.41 Å². The van der Waals surface area contributed by atoms with E-state index >= 15 is 0 Å². The predicted octanol–water partition coefficient (Wildman–Crippen LogP) is -0.352. The fraction of sp³-hybridized carbons (Fsp3) is 0.350. The second-order valence-corrected chi connectivity index (χ2v) is 7.08. The summed E-state index contributed by atoms with van der Waals surface area (Å²) in [6.07, 6.45) is 5.88. The maximum atomic E-state index is 13.3. The van der Waals surface area contributed by atoms with Crippen molar-refractivity contribution < 1.29 is 9.59 Å². The van der Waals surface area contributed by atoms with Crippen LogP contribution < -0.4 is 15.8 Å². The number of aliphatic imine (C=N–C) groups is 1. The topological polar surface area (TPSA) is 61.8 Å². The van der Waals surface area contributed by atoms with Gasteiger partial charge in [0.05, 0.1) is 11.5 Å². The standard InChI is InChI=1S/C20H21N3O2/c1-23(2)10-9-21-15-11-16-20(8-7-17(24)22-16)12-13-5-3-4-6-14(13)18(20)19(15)25/h3-8,12,15,21H,9-11H2,1-2H3. The summed E-state index contributed by atoms with van der Waals surface area (Å²) >= 11 is 0. The van der Waals surface area contributed by atoms with Crippen molar-refractivity contribution in [2.45, 2.75) is 12.5 Å². The molecule has 25 heavy (non-hydrogen) atoms. The normalized spacial score (nSPS) is 26.9. The van der Waals surface area contributed by atoms with E-state index in [9.17, 15) is 9.59 Å². The fourth-order valence-corrected chi connectivity index (χ4v) is 3.95. The van der Waals surface area contributed by atoms with Crippen molar-refractivity contribution >= 4 is 29.1 Å². The highest BCUT2D eigenvalue weighted by atomic mass is 16.1. The highest BCUT2D eigenvalue weighted by molar-refractivity contribution is 6.34. The molecule has 3 aliphatic rings. The predicted molar refractivity (Wildman–Crippen MR) is 97.5 cm³/mol. The quantitative estimate of drug-likeness (QED) is 0.817.